The van der Waals surface area contributed by atoms with Crippen LogP contribution in [-0.2, 0) is 0 Å². The molecule has 1 aliphatic rings. The maximum Gasteiger partial charge on any atom is 0.254 e. The van der Waals surface area contributed by atoms with Crippen LogP contribution >= 0.6 is 0 Å². The van der Waals surface area contributed by atoms with Crippen LogP contribution in [0.25, 0.3) is 0 Å². The molecule has 1 aromatic carbocycles. The molecule has 1 saturated heterocycles. The molecule has 3 N–H and O–H groups in total. The standard InChI is InChI=1S/C16H23FN2O3/c17-15-9-12(20)5-6-14(15)16(22)18-10-13(21)11-19-7-3-1-2-4-8-19/h5-6,9,13,20-21H,1-4,7-8,10-11H2,(H,18,22). The molecule has 0 spiro atoms. The van der Waals surface area contributed by atoms with Gasteiger partial charge in [0.1, 0.15) is 11.6 Å². The minimum atomic E-state index is -0.778. The molecule has 1 amide bonds. The van der Waals surface area contributed by atoms with Gasteiger partial charge in [-0.2, -0.15) is 0 Å². The number of β-amino-alcohol motifs (C(OH)–C–C–N with tert-alkyl or cyclic N) is 1. The zero-order chi connectivity index (χ0) is 15.9. The first-order valence-corrected chi connectivity index (χ1v) is 7.73. The molecule has 1 heterocycles. The highest BCUT2D eigenvalue weighted by Crippen LogP contribution is 2.15. The summed E-state index contributed by atoms with van der Waals surface area (Å²) >= 11 is 0. The number of carbonyl (C=O) groups excluding carboxylic acids is 1. The topological polar surface area (TPSA) is 72.8 Å². The van der Waals surface area contributed by atoms with E-state index in [0.717, 1.165) is 32.0 Å². The summed E-state index contributed by atoms with van der Waals surface area (Å²) in [6.45, 7) is 2.53. The molecule has 22 heavy (non-hydrogen) atoms. The number of rotatable bonds is 5. The molecule has 1 fully saturated rings. The molecular formula is C16H23FN2O3. The predicted octanol–water partition coefficient (Wildman–Crippen LogP) is 1.50. The molecule has 6 heteroatoms. The summed E-state index contributed by atoms with van der Waals surface area (Å²) in [5.41, 5.74) is -0.139. The van der Waals surface area contributed by atoms with Crippen LogP contribution < -0.4 is 5.32 Å². The van der Waals surface area contributed by atoms with Gasteiger partial charge in [0.2, 0.25) is 0 Å². The Bertz CT molecular complexity index is 502. The number of aliphatic hydroxyl groups is 1. The number of nitrogens with one attached hydrogen (secondary N) is 1. The number of aromatic hydroxyl groups is 1. The highest BCUT2D eigenvalue weighted by molar-refractivity contribution is 5.94. The van der Waals surface area contributed by atoms with Crippen molar-refractivity contribution in [2.75, 3.05) is 26.2 Å². The van der Waals surface area contributed by atoms with Crippen molar-refractivity contribution in [3.05, 3.63) is 29.6 Å². The van der Waals surface area contributed by atoms with Crippen molar-refractivity contribution >= 4 is 5.91 Å². The average molecular weight is 310 g/mol. The predicted molar refractivity (Wildman–Crippen MR) is 81.3 cm³/mol. The van der Waals surface area contributed by atoms with Gasteiger partial charge in [-0.25, -0.2) is 4.39 Å². The first kappa shape index (κ1) is 16.7. The molecule has 1 atom stereocenters. The second kappa shape index (κ2) is 8.10. The number of carbonyl (C=O) groups is 1. The molecule has 1 aliphatic heterocycles. The Balaban J connectivity index is 1.79. The molecule has 1 unspecified atom stereocenters. The van der Waals surface area contributed by atoms with E-state index >= 15 is 0 Å². The lowest BCUT2D eigenvalue weighted by Gasteiger charge is -2.23. The fourth-order valence-corrected chi connectivity index (χ4v) is 2.68. The van der Waals surface area contributed by atoms with Gasteiger partial charge < -0.3 is 20.4 Å². The summed E-state index contributed by atoms with van der Waals surface area (Å²) in [5, 5.41) is 21.7. The lowest BCUT2D eigenvalue weighted by molar-refractivity contribution is 0.0859. The lowest BCUT2D eigenvalue weighted by Crippen LogP contribution is -2.40. The molecular weight excluding hydrogens is 287 g/mol. The molecule has 5 nitrogen and oxygen atoms in total. The van der Waals surface area contributed by atoms with Crippen LogP contribution in [0.15, 0.2) is 18.2 Å². The summed E-state index contributed by atoms with van der Waals surface area (Å²) in [5.74, 6) is -1.60. The van der Waals surface area contributed by atoms with E-state index in [-0.39, 0.29) is 17.9 Å². The summed E-state index contributed by atoms with van der Waals surface area (Å²) in [7, 11) is 0. The average Bonchev–Trinajstić information content (AvgIpc) is 2.73. The van der Waals surface area contributed by atoms with Gasteiger partial charge in [0.05, 0.1) is 11.7 Å². The van der Waals surface area contributed by atoms with E-state index in [4.69, 9.17) is 5.11 Å². The van der Waals surface area contributed by atoms with Crippen LogP contribution in [0.1, 0.15) is 36.0 Å². The number of likely N-dealkylation sites (tertiary alicyclic amines) is 1. The van der Waals surface area contributed by atoms with Crippen LogP contribution in [0.3, 0.4) is 0 Å². The molecule has 0 radical (unpaired) electrons. The SMILES string of the molecule is O=C(NCC(O)CN1CCCCCC1)c1ccc(O)cc1F. The number of hydrogen-bond acceptors (Lipinski definition) is 4. The molecule has 2 rings (SSSR count). The van der Waals surface area contributed by atoms with Crippen LogP contribution in [0.4, 0.5) is 4.39 Å². The Hall–Kier alpha value is -1.66. The Labute approximate surface area is 129 Å². The van der Waals surface area contributed by atoms with E-state index in [9.17, 15) is 14.3 Å². The summed E-state index contributed by atoms with van der Waals surface area (Å²) < 4.78 is 13.6. The summed E-state index contributed by atoms with van der Waals surface area (Å²) in [4.78, 5) is 14.1. The van der Waals surface area contributed by atoms with Crippen LogP contribution in [0.5, 0.6) is 5.75 Å². The number of nitrogens with zero attached hydrogens (tertiary/aromatic N) is 1. The van der Waals surface area contributed by atoms with Crippen LogP contribution in [0.2, 0.25) is 0 Å². The van der Waals surface area contributed by atoms with E-state index in [1.54, 1.807) is 0 Å². The van der Waals surface area contributed by atoms with Gasteiger partial charge in [0.15, 0.2) is 0 Å². The fourth-order valence-electron chi connectivity index (χ4n) is 2.68. The number of hydrogen-bond donors (Lipinski definition) is 3. The van der Waals surface area contributed by atoms with Gasteiger partial charge in [0, 0.05) is 19.2 Å². The number of phenolic OH excluding ortho intramolecular Hbond substituents is 1. The van der Waals surface area contributed by atoms with E-state index in [1.807, 2.05) is 0 Å². The second-order valence-electron chi connectivity index (χ2n) is 5.74. The number of aliphatic hydroxyl groups excluding tert-OH is 1. The van der Waals surface area contributed by atoms with Gasteiger partial charge >= 0.3 is 0 Å². The molecule has 0 bridgehead atoms. The van der Waals surface area contributed by atoms with E-state index in [2.05, 4.69) is 10.2 Å². The van der Waals surface area contributed by atoms with Crippen molar-refractivity contribution < 1.29 is 19.4 Å². The Morgan fingerprint density at radius 3 is 2.59 bits per heavy atom. The molecule has 0 aliphatic carbocycles. The minimum Gasteiger partial charge on any atom is -0.508 e. The van der Waals surface area contributed by atoms with Gasteiger partial charge in [-0.3, -0.25) is 4.79 Å². The van der Waals surface area contributed by atoms with Crippen molar-refractivity contribution in [3.8, 4) is 5.75 Å². The molecule has 1 aromatic rings. The molecule has 122 valence electrons. The van der Waals surface area contributed by atoms with Crippen LogP contribution in [0, 0.1) is 5.82 Å². The molecule has 0 aromatic heterocycles. The first-order chi connectivity index (χ1) is 10.6. The van der Waals surface area contributed by atoms with Gasteiger partial charge in [-0.1, -0.05) is 12.8 Å². The third-order valence-corrected chi connectivity index (χ3v) is 3.86. The van der Waals surface area contributed by atoms with Crippen molar-refractivity contribution in [3.63, 3.8) is 0 Å². The van der Waals surface area contributed by atoms with Gasteiger partial charge in [0.25, 0.3) is 5.91 Å². The van der Waals surface area contributed by atoms with Crippen LogP contribution in [-0.4, -0.2) is 53.3 Å². The van der Waals surface area contributed by atoms with E-state index in [1.165, 1.54) is 25.0 Å². The highest BCUT2D eigenvalue weighted by Gasteiger charge is 2.16. The lowest BCUT2D eigenvalue weighted by atomic mass is 10.2. The zero-order valence-electron chi connectivity index (χ0n) is 12.6. The van der Waals surface area contributed by atoms with Crippen molar-refractivity contribution in [2.24, 2.45) is 0 Å². The quantitative estimate of drug-likeness (QED) is 0.770. The second-order valence-corrected chi connectivity index (χ2v) is 5.74. The summed E-state index contributed by atoms with van der Waals surface area (Å²) in [6.07, 6.45) is 4.05. The minimum absolute atomic E-state index is 0.0790. The van der Waals surface area contributed by atoms with Crippen molar-refractivity contribution in [1.82, 2.24) is 10.2 Å². The number of benzene rings is 1. The monoisotopic (exact) mass is 310 g/mol. The zero-order valence-corrected chi connectivity index (χ0v) is 12.6. The third-order valence-electron chi connectivity index (χ3n) is 3.86. The third kappa shape index (κ3) is 4.96. The maximum atomic E-state index is 13.6. The Kier molecular flexibility index (Phi) is 6.15. The Morgan fingerprint density at radius 2 is 1.95 bits per heavy atom. The number of amides is 1. The Morgan fingerprint density at radius 1 is 1.27 bits per heavy atom. The first-order valence-electron chi connectivity index (χ1n) is 7.73. The van der Waals surface area contributed by atoms with Gasteiger partial charge in [-0.05, 0) is 38.1 Å². The molecule has 0 saturated carbocycles. The van der Waals surface area contributed by atoms with Gasteiger partial charge in [-0.15, -0.1) is 0 Å². The number of halogens is 1. The highest BCUT2D eigenvalue weighted by atomic mass is 19.1. The summed E-state index contributed by atoms with van der Waals surface area (Å²) in [6, 6.07) is 3.37. The largest absolute Gasteiger partial charge is 0.508 e. The van der Waals surface area contributed by atoms with Crippen molar-refractivity contribution in [2.45, 2.75) is 31.8 Å². The number of phenols is 1. The fraction of sp³-hybridized carbons (Fsp3) is 0.562. The maximum absolute atomic E-state index is 13.6. The smallest absolute Gasteiger partial charge is 0.254 e. The normalized spacial score (nSPS) is 17.7. The van der Waals surface area contributed by atoms with E-state index in [0.29, 0.717) is 6.54 Å². The van der Waals surface area contributed by atoms with Crippen molar-refractivity contribution in [1.29, 1.82) is 0 Å². The van der Waals surface area contributed by atoms with E-state index < -0.39 is 17.8 Å².